The molecule has 0 radical (unpaired) electrons. The van der Waals surface area contributed by atoms with Gasteiger partial charge >= 0.3 is 0 Å². The molecule has 0 saturated carbocycles. The highest BCUT2D eigenvalue weighted by Crippen LogP contribution is 2.20. The summed E-state index contributed by atoms with van der Waals surface area (Å²) in [5.41, 5.74) is 2.49. The molecular weight excluding hydrogens is 300 g/mol. The summed E-state index contributed by atoms with van der Waals surface area (Å²) in [7, 11) is -3.51. The zero-order valence-electron chi connectivity index (χ0n) is 13.2. The van der Waals surface area contributed by atoms with E-state index in [2.05, 4.69) is 38.1 Å². The van der Waals surface area contributed by atoms with Gasteiger partial charge < -0.3 is 4.90 Å². The number of benzene rings is 1. The predicted molar refractivity (Wildman–Crippen MR) is 86.9 cm³/mol. The third kappa shape index (κ3) is 4.81. The van der Waals surface area contributed by atoms with Gasteiger partial charge in [0, 0.05) is 25.4 Å². The average molecular weight is 324 g/mol. The van der Waals surface area contributed by atoms with Crippen LogP contribution in [0.5, 0.6) is 0 Å². The Kier molecular flexibility index (Phi) is 5.24. The van der Waals surface area contributed by atoms with E-state index < -0.39 is 10.0 Å². The monoisotopic (exact) mass is 324 g/mol. The van der Waals surface area contributed by atoms with E-state index in [9.17, 15) is 13.2 Å². The third-order valence-electron chi connectivity index (χ3n) is 4.08. The third-order valence-corrected chi connectivity index (χ3v) is 5.02. The molecule has 1 saturated heterocycles. The Bertz CT molecular complexity index is 623. The normalized spacial score (nSPS) is 19.2. The fourth-order valence-corrected chi connectivity index (χ4v) is 3.72. The van der Waals surface area contributed by atoms with Gasteiger partial charge in [-0.15, -0.1) is 0 Å². The quantitative estimate of drug-likeness (QED) is 0.861. The number of carbonyl (C=O) groups is 1. The first kappa shape index (κ1) is 17.0. The van der Waals surface area contributed by atoms with Crippen molar-refractivity contribution in [2.75, 3.05) is 18.8 Å². The van der Waals surface area contributed by atoms with Crippen LogP contribution in [0.25, 0.3) is 0 Å². The van der Waals surface area contributed by atoms with Crippen molar-refractivity contribution in [1.82, 2.24) is 4.90 Å². The molecule has 1 atom stereocenters. The highest BCUT2D eigenvalue weighted by atomic mass is 32.2. The van der Waals surface area contributed by atoms with Crippen LogP contribution in [0.2, 0.25) is 0 Å². The molecule has 0 aliphatic carbocycles. The van der Waals surface area contributed by atoms with Crippen LogP contribution < -0.4 is 5.14 Å². The molecule has 5 nitrogen and oxygen atoms in total. The lowest BCUT2D eigenvalue weighted by Gasteiger charge is -2.16. The Labute approximate surface area is 132 Å². The Morgan fingerprint density at radius 3 is 2.45 bits per heavy atom. The number of nitrogens with zero attached hydrogens (tertiary/aromatic N) is 1. The molecule has 1 aromatic carbocycles. The van der Waals surface area contributed by atoms with Crippen molar-refractivity contribution in [2.24, 2.45) is 11.1 Å². The number of hydrogen-bond donors (Lipinski definition) is 1. The molecule has 1 aliphatic rings. The molecule has 22 heavy (non-hydrogen) atoms. The van der Waals surface area contributed by atoms with E-state index in [0.29, 0.717) is 19.0 Å². The van der Waals surface area contributed by atoms with Gasteiger partial charge in [-0.25, -0.2) is 13.6 Å². The zero-order chi connectivity index (χ0) is 16.3. The number of primary sulfonamides is 1. The minimum absolute atomic E-state index is 0.0208. The number of hydrogen-bond acceptors (Lipinski definition) is 3. The number of likely N-dealkylation sites (tertiary alicyclic amines) is 1. The Morgan fingerprint density at radius 1 is 1.27 bits per heavy atom. The number of rotatable bonds is 6. The van der Waals surface area contributed by atoms with Gasteiger partial charge in [0.15, 0.2) is 0 Å². The van der Waals surface area contributed by atoms with Crippen LogP contribution in [0.1, 0.15) is 37.3 Å². The molecule has 6 heteroatoms. The zero-order valence-corrected chi connectivity index (χ0v) is 14.0. The predicted octanol–water partition coefficient (Wildman–Crippen LogP) is 1.49. The fraction of sp³-hybridized carbons (Fsp3) is 0.562. The van der Waals surface area contributed by atoms with E-state index in [-0.39, 0.29) is 24.0 Å². The maximum atomic E-state index is 11.9. The number of carbonyl (C=O) groups excluding carboxylic acids is 1. The molecule has 122 valence electrons. The lowest BCUT2D eigenvalue weighted by atomic mass is 10.0. The van der Waals surface area contributed by atoms with Gasteiger partial charge in [0.25, 0.3) is 0 Å². The van der Waals surface area contributed by atoms with E-state index in [0.717, 1.165) is 6.42 Å². The lowest BCUT2D eigenvalue weighted by Crippen LogP contribution is -2.29. The second-order valence-electron chi connectivity index (χ2n) is 6.39. The summed E-state index contributed by atoms with van der Waals surface area (Å²) in [4.78, 5) is 13.7. The van der Waals surface area contributed by atoms with Crippen LogP contribution in [0, 0.1) is 5.92 Å². The molecule has 1 aliphatic heterocycles. The van der Waals surface area contributed by atoms with Crippen LogP contribution >= 0.6 is 0 Å². The minimum atomic E-state index is -3.51. The summed E-state index contributed by atoms with van der Waals surface area (Å²) >= 11 is 0. The fourth-order valence-electron chi connectivity index (χ4n) is 2.84. The first-order valence-corrected chi connectivity index (χ1v) is 9.33. The summed E-state index contributed by atoms with van der Waals surface area (Å²) in [6, 6.07) is 8.43. The minimum Gasteiger partial charge on any atom is -0.342 e. The van der Waals surface area contributed by atoms with Gasteiger partial charge in [-0.05, 0) is 23.5 Å². The molecule has 1 fully saturated rings. The van der Waals surface area contributed by atoms with Crippen LogP contribution in [0.15, 0.2) is 24.3 Å². The van der Waals surface area contributed by atoms with E-state index >= 15 is 0 Å². The van der Waals surface area contributed by atoms with Crippen molar-refractivity contribution < 1.29 is 13.2 Å². The molecular formula is C16H24N2O3S. The first-order valence-electron chi connectivity index (χ1n) is 7.61. The van der Waals surface area contributed by atoms with Gasteiger partial charge in [-0.1, -0.05) is 38.1 Å². The van der Waals surface area contributed by atoms with Gasteiger partial charge in [-0.2, -0.15) is 0 Å². The molecule has 0 spiro atoms. The SMILES string of the molecule is CC(C)c1ccc(CCN2CC(CS(N)(=O)=O)CC2=O)cc1. The van der Waals surface area contributed by atoms with E-state index in [1.54, 1.807) is 4.90 Å². The number of nitrogens with two attached hydrogens (primary N) is 1. The lowest BCUT2D eigenvalue weighted by molar-refractivity contribution is -0.127. The van der Waals surface area contributed by atoms with Gasteiger partial charge in [-0.3, -0.25) is 4.79 Å². The molecule has 1 amide bonds. The largest absolute Gasteiger partial charge is 0.342 e. The van der Waals surface area contributed by atoms with Crippen LogP contribution in [0.3, 0.4) is 0 Å². The molecule has 1 aromatic rings. The molecule has 0 aromatic heterocycles. The smallest absolute Gasteiger partial charge is 0.222 e. The van der Waals surface area contributed by atoms with Crippen molar-refractivity contribution in [1.29, 1.82) is 0 Å². The van der Waals surface area contributed by atoms with Crippen molar-refractivity contribution in [3.05, 3.63) is 35.4 Å². The second-order valence-corrected chi connectivity index (χ2v) is 8.04. The molecule has 1 heterocycles. The highest BCUT2D eigenvalue weighted by molar-refractivity contribution is 7.89. The van der Waals surface area contributed by atoms with Crippen molar-refractivity contribution in [3.63, 3.8) is 0 Å². The van der Waals surface area contributed by atoms with Gasteiger partial charge in [0.05, 0.1) is 5.75 Å². The topological polar surface area (TPSA) is 80.5 Å². The Balaban J connectivity index is 1.87. The molecule has 1 unspecified atom stereocenters. The maximum Gasteiger partial charge on any atom is 0.222 e. The van der Waals surface area contributed by atoms with Gasteiger partial charge in [0.2, 0.25) is 15.9 Å². The Hall–Kier alpha value is -1.40. The summed E-state index contributed by atoms with van der Waals surface area (Å²) in [5.74, 6) is 0.240. The second kappa shape index (κ2) is 6.79. The van der Waals surface area contributed by atoms with Crippen LogP contribution in [-0.4, -0.2) is 38.1 Å². The van der Waals surface area contributed by atoms with Crippen LogP contribution in [0.4, 0.5) is 0 Å². The maximum absolute atomic E-state index is 11.9. The summed E-state index contributed by atoms with van der Waals surface area (Å²) < 4.78 is 22.2. The summed E-state index contributed by atoms with van der Waals surface area (Å²) in [5, 5.41) is 5.05. The van der Waals surface area contributed by atoms with Gasteiger partial charge in [0.1, 0.15) is 0 Å². The van der Waals surface area contributed by atoms with E-state index in [4.69, 9.17) is 5.14 Å². The standard InChI is InChI=1S/C16H24N2O3S/c1-12(2)15-5-3-13(4-6-15)7-8-18-10-14(9-16(18)19)11-22(17,20)21/h3-6,12,14H,7-11H2,1-2H3,(H2,17,20,21). The summed E-state index contributed by atoms with van der Waals surface area (Å²) in [6.07, 6.45) is 1.06. The van der Waals surface area contributed by atoms with Crippen molar-refractivity contribution in [3.8, 4) is 0 Å². The number of sulfonamides is 1. The average Bonchev–Trinajstić information content (AvgIpc) is 2.74. The van der Waals surface area contributed by atoms with E-state index in [1.165, 1.54) is 11.1 Å². The van der Waals surface area contributed by atoms with Crippen LogP contribution in [-0.2, 0) is 21.2 Å². The molecule has 0 bridgehead atoms. The molecule has 2 rings (SSSR count). The summed E-state index contributed by atoms with van der Waals surface area (Å²) in [6.45, 7) is 5.42. The Morgan fingerprint density at radius 2 is 1.91 bits per heavy atom. The van der Waals surface area contributed by atoms with E-state index in [1.807, 2.05) is 0 Å². The van der Waals surface area contributed by atoms with Crippen molar-refractivity contribution >= 4 is 15.9 Å². The highest BCUT2D eigenvalue weighted by Gasteiger charge is 2.31. The first-order chi connectivity index (χ1) is 10.2. The molecule has 2 N–H and O–H groups in total. The van der Waals surface area contributed by atoms with Crippen molar-refractivity contribution in [2.45, 2.75) is 32.6 Å². The number of amides is 1.